The van der Waals surface area contributed by atoms with Crippen LogP contribution in [0.2, 0.25) is 0 Å². The van der Waals surface area contributed by atoms with Gasteiger partial charge in [-0.15, -0.1) is 0 Å². The lowest BCUT2D eigenvalue weighted by molar-refractivity contribution is -0.137. The number of hydrogen-bond donors (Lipinski definition) is 0. The van der Waals surface area contributed by atoms with E-state index in [1.807, 2.05) is 30.3 Å². The van der Waals surface area contributed by atoms with E-state index in [4.69, 9.17) is 14.2 Å². The van der Waals surface area contributed by atoms with E-state index >= 15 is 0 Å². The van der Waals surface area contributed by atoms with Gasteiger partial charge in [0.15, 0.2) is 11.5 Å². The molecule has 0 radical (unpaired) electrons. The van der Waals surface area contributed by atoms with Gasteiger partial charge in [-0.25, -0.2) is 0 Å². The Morgan fingerprint density at radius 1 is 1.00 bits per heavy atom. The highest BCUT2D eigenvalue weighted by Gasteiger charge is 2.32. The summed E-state index contributed by atoms with van der Waals surface area (Å²) < 4.78 is 54.7. The van der Waals surface area contributed by atoms with Crippen LogP contribution in [-0.2, 0) is 17.5 Å². The van der Waals surface area contributed by atoms with Crippen molar-refractivity contribution in [2.75, 3.05) is 13.2 Å². The first-order valence-electron chi connectivity index (χ1n) is 7.15. The smallest absolute Gasteiger partial charge is 0.416 e. The first-order chi connectivity index (χ1) is 11.0. The molecule has 3 nitrogen and oxygen atoms in total. The van der Waals surface area contributed by atoms with Gasteiger partial charge in [-0.3, -0.25) is 0 Å². The zero-order chi connectivity index (χ0) is 16.3. The maximum absolute atomic E-state index is 12.9. The molecule has 1 saturated heterocycles. The Kier molecular flexibility index (Phi) is 4.43. The second-order valence-corrected chi connectivity index (χ2v) is 5.20. The molecule has 1 heterocycles. The molecule has 3 rings (SSSR count). The Labute approximate surface area is 131 Å². The molecule has 1 aliphatic rings. The Balaban J connectivity index is 1.77. The van der Waals surface area contributed by atoms with E-state index in [-0.39, 0.29) is 24.2 Å². The Hall–Kier alpha value is -2.21. The van der Waals surface area contributed by atoms with Gasteiger partial charge in [0.1, 0.15) is 19.3 Å². The third kappa shape index (κ3) is 4.39. The number of ether oxygens (including phenoxy) is 3. The SMILES string of the molecule is FC(F)(F)c1ccc(OC[C@H]2CO2)c(OCc2ccccc2)c1. The molecule has 0 amide bonds. The lowest BCUT2D eigenvalue weighted by Gasteiger charge is -2.15. The molecular weight excluding hydrogens is 309 g/mol. The van der Waals surface area contributed by atoms with E-state index in [1.54, 1.807) is 0 Å². The average molecular weight is 324 g/mol. The molecule has 1 aliphatic heterocycles. The molecule has 2 aromatic rings. The summed E-state index contributed by atoms with van der Waals surface area (Å²) in [6, 6.07) is 12.5. The quantitative estimate of drug-likeness (QED) is 0.751. The van der Waals surface area contributed by atoms with Crippen LogP contribution < -0.4 is 9.47 Å². The van der Waals surface area contributed by atoms with Crippen molar-refractivity contribution in [3.8, 4) is 11.5 Å². The van der Waals surface area contributed by atoms with Crippen molar-refractivity contribution in [3.63, 3.8) is 0 Å². The van der Waals surface area contributed by atoms with Crippen LogP contribution in [0, 0.1) is 0 Å². The number of benzene rings is 2. The molecule has 0 saturated carbocycles. The summed E-state index contributed by atoms with van der Waals surface area (Å²) in [6.45, 7) is 1.08. The van der Waals surface area contributed by atoms with Crippen LogP contribution in [0.25, 0.3) is 0 Å². The summed E-state index contributed by atoms with van der Waals surface area (Å²) in [4.78, 5) is 0. The lowest BCUT2D eigenvalue weighted by Crippen LogP contribution is -2.09. The topological polar surface area (TPSA) is 31.0 Å². The highest BCUT2D eigenvalue weighted by Crippen LogP contribution is 2.37. The van der Waals surface area contributed by atoms with Gasteiger partial charge in [-0.05, 0) is 23.8 Å². The van der Waals surface area contributed by atoms with Gasteiger partial charge in [0.25, 0.3) is 0 Å². The fraction of sp³-hybridized carbons (Fsp3) is 0.294. The Morgan fingerprint density at radius 3 is 2.39 bits per heavy atom. The highest BCUT2D eigenvalue weighted by molar-refractivity contribution is 5.44. The van der Waals surface area contributed by atoms with Crippen molar-refractivity contribution in [3.05, 3.63) is 59.7 Å². The van der Waals surface area contributed by atoms with Crippen LogP contribution in [0.1, 0.15) is 11.1 Å². The molecule has 1 atom stereocenters. The Morgan fingerprint density at radius 2 is 1.74 bits per heavy atom. The first-order valence-corrected chi connectivity index (χ1v) is 7.15. The number of alkyl halides is 3. The van der Waals surface area contributed by atoms with Gasteiger partial charge >= 0.3 is 6.18 Å². The largest absolute Gasteiger partial charge is 0.487 e. The Bertz CT molecular complexity index is 652. The summed E-state index contributed by atoms with van der Waals surface area (Å²) in [7, 11) is 0. The molecule has 0 N–H and O–H groups in total. The van der Waals surface area contributed by atoms with Crippen molar-refractivity contribution in [1.29, 1.82) is 0 Å². The summed E-state index contributed by atoms with van der Waals surface area (Å²) >= 11 is 0. The van der Waals surface area contributed by atoms with Gasteiger partial charge in [0.2, 0.25) is 0 Å². The van der Waals surface area contributed by atoms with E-state index in [9.17, 15) is 13.2 Å². The minimum atomic E-state index is -4.43. The minimum Gasteiger partial charge on any atom is -0.487 e. The molecule has 23 heavy (non-hydrogen) atoms. The third-order valence-electron chi connectivity index (χ3n) is 3.34. The van der Waals surface area contributed by atoms with Crippen LogP contribution in [0.3, 0.4) is 0 Å². The molecule has 6 heteroatoms. The molecular formula is C17H15F3O3. The highest BCUT2D eigenvalue weighted by atomic mass is 19.4. The van der Waals surface area contributed by atoms with Crippen molar-refractivity contribution in [1.82, 2.24) is 0 Å². The monoisotopic (exact) mass is 324 g/mol. The van der Waals surface area contributed by atoms with Gasteiger partial charge in [0.05, 0.1) is 12.2 Å². The fourth-order valence-electron chi connectivity index (χ4n) is 2.00. The van der Waals surface area contributed by atoms with Crippen LogP contribution in [-0.4, -0.2) is 19.3 Å². The van der Waals surface area contributed by atoms with Gasteiger partial charge in [-0.2, -0.15) is 13.2 Å². The lowest BCUT2D eigenvalue weighted by atomic mass is 10.2. The van der Waals surface area contributed by atoms with Gasteiger partial charge < -0.3 is 14.2 Å². The predicted molar refractivity (Wildman–Crippen MR) is 77.5 cm³/mol. The van der Waals surface area contributed by atoms with E-state index in [0.717, 1.165) is 17.7 Å². The van der Waals surface area contributed by atoms with Crippen molar-refractivity contribution < 1.29 is 27.4 Å². The molecule has 0 unspecified atom stereocenters. The molecule has 1 fully saturated rings. The summed E-state index contributed by atoms with van der Waals surface area (Å²) in [5.41, 5.74) is 0.0944. The van der Waals surface area contributed by atoms with E-state index < -0.39 is 11.7 Å². The number of halogens is 3. The third-order valence-corrected chi connectivity index (χ3v) is 3.34. The first kappa shape index (κ1) is 15.7. The molecule has 0 spiro atoms. The van der Waals surface area contributed by atoms with Gasteiger partial charge in [0, 0.05) is 0 Å². The molecule has 0 aliphatic carbocycles. The van der Waals surface area contributed by atoms with E-state index in [0.29, 0.717) is 13.2 Å². The molecule has 122 valence electrons. The second-order valence-electron chi connectivity index (χ2n) is 5.20. The predicted octanol–water partition coefficient (Wildman–Crippen LogP) is 4.06. The zero-order valence-electron chi connectivity index (χ0n) is 12.2. The van der Waals surface area contributed by atoms with Crippen molar-refractivity contribution >= 4 is 0 Å². The van der Waals surface area contributed by atoms with Crippen LogP contribution in [0.4, 0.5) is 13.2 Å². The molecule has 2 aromatic carbocycles. The molecule has 0 aromatic heterocycles. The van der Waals surface area contributed by atoms with Crippen LogP contribution >= 0.6 is 0 Å². The maximum atomic E-state index is 12.9. The number of hydrogen-bond acceptors (Lipinski definition) is 3. The maximum Gasteiger partial charge on any atom is 0.416 e. The van der Waals surface area contributed by atoms with Crippen molar-refractivity contribution in [2.45, 2.75) is 18.9 Å². The number of epoxide rings is 1. The second kappa shape index (κ2) is 6.50. The van der Waals surface area contributed by atoms with E-state index in [2.05, 4.69) is 0 Å². The summed E-state index contributed by atoms with van der Waals surface area (Å²) in [6.07, 6.45) is -4.41. The van der Waals surface area contributed by atoms with Crippen molar-refractivity contribution in [2.24, 2.45) is 0 Å². The fourth-order valence-corrected chi connectivity index (χ4v) is 2.00. The van der Waals surface area contributed by atoms with Gasteiger partial charge in [-0.1, -0.05) is 30.3 Å². The molecule has 0 bridgehead atoms. The summed E-state index contributed by atoms with van der Waals surface area (Å²) in [5, 5.41) is 0. The van der Waals surface area contributed by atoms with E-state index in [1.165, 1.54) is 6.07 Å². The zero-order valence-corrected chi connectivity index (χ0v) is 12.2. The normalized spacial score (nSPS) is 16.9. The number of rotatable bonds is 6. The van der Waals surface area contributed by atoms with Crippen LogP contribution in [0.15, 0.2) is 48.5 Å². The minimum absolute atomic E-state index is 0.0132. The standard InChI is InChI=1S/C17H15F3O3/c18-17(19,20)13-6-7-15(23-11-14-10-21-14)16(8-13)22-9-12-4-2-1-3-5-12/h1-8,14H,9-11H2/t14-/m1/s1. The summed E-state index contributed by atoms with van der Waals surface area (Å²) in [5.74, 6) is 0.355. The van der Waals surface area contributed by atoms with Crippen LogP contribution in [0.5, 0.6) is 11.5 Å². The average Bonchev–Trinajstić information content (AvgIpc) is 3.35.